The van der Waals surface area contributed by atoms with Gasteiger partial charge in [0.15, 0.2) is 0 Å². The summed E-state index contributed by atoms with van der Waals surface area (Å²) in [5.74, 6) is 0. The molecule has 0 nitrogen and oxygen atoms in total. The number of benzene rings is 4. The maximum atomic E-state index is 2.34. The Balaban J connectivity index is 0.00000210. The van der Waals surface area contributed by atoms with Crippen LogP contribution in [-0.2, 0) is 4.37 Å². The Morgan fingerprint density at radius 2 is 0.704 bits per heavy atom. The zero-order valence-corrected chi connectivity index (χ0v) is 18.4. The Hall–Kier alpha value is -2.01. The average molecular weight is 480 g/mol. The van der Waals surface area contributed by atoms with Gasteiger partial charge in [0.05, 0.1) is 0 Å². The number of hydrogen-bond donors (Lipinski definition) is 0. The van der Waals surface area contributed by atoms with Gasteiger partial charge < -0.3 is 12.4 Å². The van der Waals surface area contributed by atoms with Crippen LogP contribution in [-0.4, -0.2) is 18.8 Å². The van der Waals surface area contributed by atoms with E-state index in [9.17, 15) is 0 Å². The second kappa shape index (κ2) is 9.27. The third kappa shape index (κ3) is 4.13. The molecule has 0 saturated heterocycles. The van der Waals surface area contributed by atoms with Crippen molar-refractivity contribution in [3.63, 3.8) is 0 Å². The van der Waals surface area contributed by atoms with E-state index < -0.39 is 18.8 Å². The van der Waals surface area contributed by atoms with Crippen molar-refractivity contribution in [2.45, 2.75) is 4.37 Å². The topological polar surface area (TPSA) is 0 Å². The minimum atomic E-state index is -3.02. The molecule has 4 aromatic rings. The molecule has 0 unspecified atom stereocenters. The van der Waals surface area contributed by atoms with E-state index in [0.717, 1.165) is 4.37 Å². The van der Waals surface area contributed by atoms with Crippen LogP contribution >= 0.6 is 0 Å². The molecule has 0 aromatic heterocycles. The Morgan fingerprint density at radius 1 is 0.407 bits per heavy atom. The van der Waals surface area contributed by atoms with Crippen molar-refractivity contribution >= 4 is 29.3 Å². The van der Waals surface area contributed by atoms with Crippen LogP contribution in [0.15, 0.2) is 121 Å². The van der Waals surface area contributed by atoms with Gasteiger partial charge in [0.2, 0.25) is 0 Å². The molecule has 2 heteroatoms. The summed E-state index contributed by atoms with van der Waals surface area (Å²) in [7, 11) is 0. The van der Waals surface area contributed by atoms with E-state index >= 15 is 0 Å². The summed E-state index contributed by atoms with van der Waals surface area (Å²) in [5.41, 5.74) is 1.43. The average Bonchev–Trinajstić information content (AvgIpc) is 2.75. The summed E-state index contributed by atoms with van der Waals surface area (Å²) < 4.78 is 5.68. The molecule has 0 spiro atoms. The first-order chi connectivity index (χ1) is 12.9. The van der Waals surface area contributed by atoms with Gasteiger partial charge in [-0.15, -0.1) is 0 Å². The van der Waals surface area contributed by atoms with Crippen molar-refractivity contribution < 1.29 is 12.4 Å². The molecule has 0 radical (unpaired) electrons. The van der Waals surface area contributed by atoms with Crippen molar-refractivity contribution in [2.75, 3.05) is 0 Å². The van der Waals surface area contributed by atoms with Gasteiger partial charge in [-0.25, -0.2) is 0 Å². The fourth-order valence-electron chi connectivity index (χ4n) is 3.63. The normalized spacial score (nSPS) is 10.8. The third-order valence-electron chi connectivity index (χ3n) is 4.85. The molecule has 0 fully saturated rings. The molecule has 0 heterocycles. The van der Waals surface area contributed by atoms with Crippen molar-refractivity contribution in [3.05, 3.63) is 127 Å². The van der Waals surface area contributed by atoms with Crippen molar-refractivity contribution in [1.29, 1.82) is 0 Å². The van der Waals surface area contributed by atoms with Gasteiger partial charge in [0.1, 0.15) is 0 Å². The third-order valence-corrected chi connectivity index (χ3v) is 17.4. The molecule has 27 heavy (non-hydrogen) atoms. The number of rotatable bonds is 5. The SMILES string of the molecule is [Cl-].c1ccc([CH2][Sb+]([c]2ccccc2)([c]2ccccc2)[c]2ccccc2)cc1. The molecule has 0 bridgehead atoms. The molecule has 0 aliphatic rings. The molecule has 0 amide bonds. The van der Waals surface area contributed by atoms with Crippen LogP contribution in [0.1, 0.15) is 5.56 Å². The maximum absolute atomic E-state index is 3.02. The fraction of sp³-hybridized carbons (Fsp3) is 0.0400. The molecular formula is C25H22ClSb. The second-order valence-electron chi connectivity index (χ2n) is 6.46. The van der Waals surface area contributed by atoms with Crippen LogP contribution in [0.2, 0.25) is 0 Å². The fourth-order valence-corrected chi connectivity index (χ4v) is 15.7. The van der Waals surface area contributed by atoms with Gasteiger partial charge in [-0.05, 0) is 0 Å². The molecule has 4 rings (SSSR count). The van der Waals surface area contributed by atoms with Crippen LogP contribution in [0, 0.1) is 0 Å². The predicted octanol–water partition coefficient (Wildman–Crippen LogP) is 0.943. The standard InChI is InChI=1S/C7H7.3C6H5.ClH.Sb/c1-7-5-3-2-4-6-7;3*1-2-4-6-5-3-1;;/h2-6H,1H2;3*1-5H;1H;/q;;;;;+1/p-1. The Morgan fingerprint density at radius 3 is 1.04 bits per heavy atom. The van der Waals surface area contributed by atoms with Crippen LogP contribution < -0.4 is 22.9 Å². The van der Waals surface area contributed by atoms with Crippen molar-refractivity contribution in [2.24, 2.45) is 0 Å². The molecule has 134 valence electrons. The van der Waals surface area contributed by atoms with Crippen molar-refractivity contribution in [3.8, 4) is 0 Å². The first-order valence-electron chi connectivity index (χ1n) is 8.98. The Bertz CT molecular complexity index is 842. The predicted molar refractivity (Wildman–Crippen MR) is 114 cm³/mol. The molecule has 0 aliphatic carbocycles. The summed E-state index contributed by atoms with van der Waals surface area (Å²) >= 11 is -3.02. The first kappa shape index (κ1) is 19.7. The van der Waals surface area contributed by atoms with Crippen LogP contribution in [0.3, 0.4) is 0 Å². The second-order valence-corrected chi connectivity index (χ2v) is 16.4. The van der Waals surface area contributed by atoms with E-state index in [4.69, 9.17) is 0 Å². The molecule has 0 saturated carbocycles. The molecule has 0 atom stereocenters. The minimum absolute atomic E-state index is 0. The number of hydrogen-bond acceptors (Lipinski definition) is 0. The van der Waals surface area contributed by atoms with Gasteiger partial charge in [-0.3, -0.25) is 0 Å². The van der Waals surface area contributed by atoms with Crippen LogP contribution in [0.5, 0.6) is 0 Å². The summed E-state index contributed by atoms with van der Waals surface area (Å²) in [6, 6.07) is 44.5. The monoisotopic (exact) mass is 478 g/mol. The summed E-state index contributed by atoms with van der Waals surface area (Å²) in [5, 5.41) is 0. The van der Waals surface area contributed by atoms with Gasteiger partial charge in [0, 0.05) is 0 Å². The number of halogens is 1. The van der Waals surface area contributed by atoms with E-state index in [1.165, 1.54) is 16.1 Å². The van der Waals surface area contributed by atoms with E-state index in [1.807, 2.05) is 0 Å². The van der Waals surface area contributed by atoms with Crippen LogP contribution in [0.4, 0.5) is 0 Å². The van der Waals surface area contributed by atoms with E-state index in [1.54, 1.807) is 0 Å². The van der Waals surface area contributed by atoms with Gasteiger partial charge >= 0.3 is 161 Å². The van der Waals surface area contributed by atoms with Gasteiger partial charge in [-0.1, -0.05) is 0 Å². The van der Waals surface area contributed by atoms with E-state index in [-0.39, 0.29) is 12.4 Å². The summed E-state index contributed by atoms with van der Waals surface area (Å²) in [6.07, 6.45) is 0. The molecule has 0 aliphatic heterocycles. The first-order valence-corrected chi connectivity index (χ1v) is 14.6. The van der Waals surface area contributed by atoms with Crippen LogP contribution in [0.25, 0.3) is 0 Å². The van der Waals surface area contributed by atoms with E-state index in [0.29, 0.717) is 0 Å². The Labute approximate surface area is 172 Å². The molecular weight excluding hydrogens is 457 g/mol. The van der Waals surface area contributed by atoms with E-state index in [2.05, 4.69) is 121 Å². The van der Waals surface area contributed by atoms with Gasteiger partial charge in [-0.2, -0.15) is 0 Å². The zero-order valence-electron chi connectivity index (χ0n) is 15.1. The zero-order chi connectivity index (χ0) is 17.7. The molecule has 0 N–H and O–H groups in total. The van der Waals surface area contributed by atoms with Crippen molar-refractivity contribution in [1.82, 2.24) is 0 Å². The van der Waals surface area contributed by atoms with Gasteiger partial charge in [0.25, 0.3) is 0 Å². The summed E-state index contributed by atoms with van der Waals surface area (Å²) in [6.45, 7) is 0. The quantitative estimate of drug-likeness (QED) is 0.374. The molecule has 4 aromatic carbocycles. The Kier molecular flexibility index (Phi) is 6.77. The summed E-state index contributed by atoms with van der Waals surface area (Å²) in [4.78, 5) is 0.